The summed E-state index contributed by atoms with van der Waals surface area (Å²) < 4.78 is 0. The summed E-state index contributed by atoms with van der Waals surface area (Å²) in [6.07, 6.45) is 9.79. The van der Waals surface area contributed by atoms with Crippen LogP contribution >= 0.6 is 0 Å². The number of nitrogens with zero attached hydrogens (tertiary/aromatic N) is 1. The molecule has 1 amide bonds. The normalized spacial score (nSPS) is 22.7. The maximum atomic E-state index is 12.3. The van der Waals surface area contributed by atoms with E-state index in [4.69, 9.17) is 0 Å². The van der Waals surface area contributed by atoms with Gasteiger partial charge >= 0.3 is 0 Å². The second kappa shape index (κ2) is 7.88. The third-order valence-corrected chi connectivity index (χ3v) is 4.84. The van der Waals surface area contributed by atoms with Crippen LogP contribution in [-0.2, 0) is 4.79 Å². The van der Waals surface area contributed by atoms with Crippen molar-refractivity contribution in [2.45, 2.75) is 58.3 Å². The molecule has 1 saturated carbocycles. The molecule has 2 rings (SSSR count). The standard InChI is InChI=1S/C16H30N2O/c1-2-17-13-15-8-10-18(11-9-15)16(19)12-14-6-4-3-5-7-14/h14-15,17H,2-13H2,1H3. The number of rotatable bonds is 5. The monoisotopic (exact) mass is 266 g/mol. The summed E-state index contributed by atoms with van der Waals surface area (Å²) in [6.45, 7) is 6.31. The summed E-state index contributed by atoms with van der Waals surface area (Å²) in [5.74, 6) is 1.88. The minimum Gasteiger partial charge on any atom is -0.343 e. The van der Waals surface area contributed by atoms with Gasteiger partial charge in [-0.1, -0.05) is 26.2 Å². The summed E-state index contributed by atoms with van der Waals surface area (Å²) in [7, 11) is 0. The fourth-order valence-corrected chi connectivity index (χ4v) is 3.50. The van der Waals surface area contributed by atoms with Crippen LogP contribution < -0.4 is 5.32 Å². The van der Waals surface area contributed by atoms with Crippen LogP contribution in [0.15, 0.2) is 0 Å². The first kappa shape index (κ1) is 14.8. The van der Waals surface area contributed by atoms with E-state index in [1.165, 1.54) is 44.9 Å². The van der Waals surface area contributed by atoms with Gasteiger partial charge in [-0.2, -0.15) is 0 Å². The van der Waals surface area contributed by atoms with Crippen LogP contribution in [0.1, 0.15) is 58.3 Å². The quantitative estimate of drug-likeness (QED) is 0.830. The first-order valence-electron chi connectivity index (χ1n) is 8.28. The number of hydrogen-bond donors (Lipinski definition) is 1. The molecule has 110 valence electrons. The molecule has 2 fully saturated rings. The first-order chi connectivity index (χ1) is 9.29. The highest BCUT2D eigenvalue weighted by atomic mass is 16.2. The summed E-state index contributed by atoms with van der Waals surface area (Å²) >= 11 is 0. The summed E-state index contributed by atoms with van der Waals surface area (Å²) in [4.78, 5) is 14.4. The number of carbonyl (C=O) groups excluding carboxylic acids is 1. The molecule has 3 heteroatoms. The van der Waals surface area contributed by atoms with E-state index in [1.807, 2.05) is 0 Å². The van der Waals surface area contributed by atoms with Gasteiger partial charge in [0.15, 0.2) is 0 Å². The minimum absolute atomic E-state index is 0.425. The van der Waals surface area contributed by atoms with Crippen LogP contribution in [-0.4, -0.2) is 37.0 Å². The Balaban J connectivity index is 1.67. The van der Waals surface area contributed by atoms with E-state index in [-0.39, 0.29) is 0 Å². The largest absolute Gasteiger partial charge is 0.343 e. The van der Waals surface area contributed by atoms with Crippen LogP contribution in [0.5, 0.6) is 0 Å². The highest BCUT2D eigenvalue weighted by Crippen LogP contribution is 2.27. The van der Waals surface area contributed by atoms with Crippen molar-refractivity contribution >= 4 is 5.91 Å². The molecule has 1 aliphatic heterocycles. The van der Waals surface area contributed by atoms with Gasteiger partial charge < -0.3 is 10.2 Å². The van der Waals surface area contributed by atoms with Gasteiger partial charge in [0, 0.05) is 19.5 Å². The lowest BCUT2D eigenvalue weighted by Gasteiger charge is -2.33. The summed E-state index contributed by atoms with van der Waals surface area (Å²) in [5, 5.41) is 3.42. The molecule has 0 bridgehead atoms. The number of hydrogen-bond acceptors (Lipinski definition) is 2. The molecular weight excluding hydrogens is 236 g/mol. The molecule has 1 heterocycles. The highest BCUT2D eigenvalue weighted by Gasteiger charge is 2.25. The zero-order valence-corrected chi connectivity index (χ0v) is 12.5. The van der Waals surface area contributed by atoms with Crippen molar-refractivity contribution in [3.05, 3.63) is 0 Å². The Hall–Kier alpha value is -0.570. The van der Waals surface area contributed by atoms with Crippen LogP contribution in [0.4, 0.5) is 0 Å². The van der Waals surface area contributed by atoms with E-state index in [9.17, 15) is 4.79 Å². The Kier molecular flexibility index (Phi) is 6.15. The van der Waals surface area contributed by atoms with Crippen LogP contribution in [0, 0.1) is 11.8 Å². The third kappa shape index (κ3) is 4.79. The molecule has 3 nitrogen and oxygen atoms in total. The molecule has 1 aliphatic carbocycles. The molecular formula is C16H30N2O. The minimum atomic E-state index is 0.425. The number of likely N-dealkylation sites (tertiary alicyclic amines) is 1. The Morgan fingerprint density at radius 2 is 1.74 bits per heavy atom. The van der Waals surface area contributed by atoms with Crippen molar-refractivity contribution in [2.75, 3.05) is 26.2 Å². The zero-order chi connectivity index (χ0) is 13.5. The van der Waals surface area contributed by atoms with Gasteiger partial charge in [0.2, 0.25) is 5.91 Å². The van der Waals surface area contributed by atoms with Gasteiger partial charge in [-0.25, -0.2) is 0 Å². The van der Waals surface area contributed by atoms with Gasteiger partial charge in [0.25, 0.3) is 0 Å². The van der Waals surface area contributed by atoms with Crippen molar-refractivity contribution in [3.8, 4) is 0 Å². The van der Waals surface area contributed by atoms with E-state index >= 15 is 0 Å². The van der Waals surface area contributed by atoms with E-state index < -0.39 is 0 Å². The molecule has 19 heavy (non-hydrogen) atoms. The predicted octanol–water partition coefficient (Wildman–Crippen LogP) is 2.80. The number of carbonyl (C=O) groups is 1. The second-order valence-electron chi connectivity index (χ2n) is 6.34. The van der Waals surface area contributed by atoms with Gasteiger partial charge in [0.05, 0.1) is 0 Å². The fourth-order valence-electron chi connectivity index (χ4n) is 3.50. The van der Waals surface area contributed by atoms with Crippen molar-refractivity contribution in [3.63, 3.8) is 0 Å². The van der Waals surface area contributed by atoms with E-state index in [1.54, 1.807) is 0 Å². The van der Waals surface area contributed by atoms with Gasteiger partial charge in [0.1, 0.15) is 0 Å². The van der Waals surface area contributed by atoms with Gasteiger partial charge in [-0.05, 0) is 50.6 Å². The molecule has 2 aliphatic rings. The van der Waals surface area contributed by atoms with E-state index in [2.05, 4.69) is 17.1 Å². The molecule has 1 N–H and O–H groups in total. The van der Waals surface area contributed by atoms with Crippen molar-refractivity contribution in [2.24, 2.45) is 11.8 Å². The molecule has 0 aromatic heterocycles. The summed E-state index contributed by atoms with van der Waals surface area (Å²) in [5.41, 5.74) is 0. The number of amides is 1. The van der Waals surface area contributed by atoms with Crippen molar-refractivity contribution in [1.29, 1.82) is 0 Å². The van der Waals surface area contributed by atoms with Crippen molar-refractivity contribution < 1.29 is 4.79 Å². The second-order valence-corrected chi connectivity index (χ2v) is 6.34. The van der Waals surface area contributed by atoms with Crippen LogP contribution in [0.2, 0.25) is 0 Å². The molecule has 0 atom stereocenters. The molecule has 1 saturated heterocycles. The molecule has 0 spiro atoms. The lowest BCUT2D eigenvalue weighted by atomic mass is 9.86. The fraction of sp³-hybridized carbons (Fsp3) is 0.938. The number of piperidine rings is 1. The Labute approximate surface area is 118 Å². The molecule has 0 aromatic carbocycles. The summed E-state index contributed by atoms with van der Waals surface area (Å²) in [6, 6.07) is 0. The smallest absolute Gasteiger partial charge is 0.222 e. The lowest BCUT2D eigenvalue weighted by Crippen LogP contribution is -2.41. The Morgan fingerprint density at radius 3 is 2.37 bits per heavy atom. The lowest BCUT2D eigenvalue weighted by molar-refractivity contribution is -0.133. The maximum absolute atomic E-state index is 12.3. The van der Waals surface area contributed by atoms with Gasteiger partial charge in [-0.3, -0.25) is 4.79 Å². The predicted molar refractivity (Wildman–Crippen MR) is 79.0 cm³/mol. The van der Waals surface area contributed by atoms with Crippen LogP contribution in [0.25, 0.3) is 0 Å². The third-order valence-electron chi connectivity index (χ3n) is 4.84. The van der Waals surface area contributed by atoms with E-state index in [0.29, 0.717) is 11.8 Å². The SMILES string of the molecule is CCNCC1CCN(C(=O)CC2CCCCC2)CC1. The topological polar surface area (TPSA) is 32.3 Å². The highest BCUT2D eigenvalue weighted by molar-refractivity contribution is 5.76. The number of nitrogens with one attached hydrogen (secondary N) is 1. The Bertz CT molecular complexity index is 266. The first-order valence-corrected chi connectivity index (χ1v) is 8.28. The average Bonchev–Trinajstić information content (AvgIpc) is 2.46. The van der Waals surface area contributed by atoms with Crippen LogP contribution in [0.3, 0.4) is 0 Å². The van der Waals surface area contributed by atoms with Gasteiger partial charge in [-0.15, -0.1) is 0 Å². The van der Waals surface area contributed by atoms with E-state index in [0.717, 1.165) is 38.5 Å². The molecule has 0 unspecified atom stereocenters. The maximum Gasteiger partial charge on any atom is 0.222 e. The zero-order valence-electron chi connectivity index (χ0n) is 12.5. The van der Waals surface area contributed by atoms with Crippen molar-refractivity contribution in [1.82, 2.24) is 10.2 Å². The molecule has 0 radical (unpaired) electrons. The Morgan fingerprint density at radius 1 is 1.05 bits per heavy atom. The average molecular weight is 266 g/mol. The molecule has 0 aromatic rings.